The molecule has 8 heteroatoms. The first-order chi connectivity index (χ1) is 16.4. The molecule has 0 radical (unpaired) electrons. The highest BCUT2D eigenvalue weighted by atomic mass is 16.3. The highest BCUT2D eigenvalue weighted by molar-refractivity contribution is 5.87. The minimum atomic E-state index is -0.220. The number of aliphatic hydroxyl groups is 1. The van der Waals surface area contributed by atoms with Gasteiger partial charge in [-0.1, -0.05) is 13.8 Å². The molecule has 1 saturated heterocycles. The Bertz CT molecular complexity index is 1310. The molecule has 1 atom stereocenters. The van der Waals surface area contributed by atoms with Gasteiger partial charge in [-0.3, -0.25) is 4.90 Å². The number of nitrogens with one attached hydrogen (secondary N) is 1. The van der Waals surface area contributed by atoms with Crippen LogP contribution >= 0.6 is 0 Å². The van der Waals surface area contributed by atoms with Crippen LogP contribution in [-0.4, -0.2) is 53.5 Å². The van der Waals surface area contributed by atoms with Gasteiger partial charge < -0.3 is 15.0 Å². The number of benzene rings is 1. The van der Waals surface area contributed by atoms with Crippen molar-refractivity contribution in [2.45, 2.75) is 46.3 Å². The first-order valence-corrected chi connectivity index (χ1v) is 12.0. The zero-order valence-electron chi connectivity index (χ0n) is 20.4. The summed E-state index contributed by atoms with van der Waals surface area (Å²) in [5.74, 6) is 1.85. The Morgan fingerprint density at radius 1 is 1.18 bits per heavy atom. The Morgan fingerprint density at radius 2 is 2.03 bits per heavy atom. The fraction of sp³-hybridized carbons (Fsp3) is 0.423. The lowest BCUT2D eigenvalue weighted by Crippen LogP contribution is -2.21. The second-order valence-corrected chi connectivity index (χ2v) is 9.82. The van der Waals surface area contributed by atoms with Crippen LogP contribution in [0.15, 0.2) is 42.9 Å². The summed E-state index contributed by atoms with van der Waals surface area (Å²) in [4.78, 5) is 11.4. The molecule has 5 rings (SSSR count). The molecule has 0 unspecified atom stereocenters. The lowest BCUT2D eigenvalue weighted by atomic mass is 10.0. The highest BCUT2D eigenvalue weighted by Crippen LogP contribution is 2.27. The van der Waals surface area contributed by atoms with Crippen LogP contribution in [0.3, 0.4) is 0 Å². The summed E-state index contributed by atoms with van der Waals surface area (Å²) in [7, 11) is 2.10. The maximum atomic E-state index is 9.81. The fourth-order valence-corrected chi connectivity index (χ4v) is 4.79. The lowest BCUT2D eigenvalue weighted by molar-refractivity contribution is 0.174. The molecule has 0 amide bonds. The van der Waals surface area contributed by atoms with Crippen molar-refractivity contribution >= 4 is 22.5 Å². The SMILES string of the molecule is Cc1nn(-c2ccnc(Nc3ccc4c(c3)c(CC(C)C)cn4C)n2)cc1CN1CC[C@@H](O)C1. The summed E-state index contributed by atoms with van der Waals surface area (Å²) in [6.45, 7) is 8.93. The van der Waals surface area contributed by atoms with Crippen molar-refractivity contribution in [3.8, 4) is 5.82 Å². The molecule has 0 bridgehead atoms. The molecule has 2 N–H and O–H groups in total. The molecule has 178 valence electrons. The first kappa shape index (κ1) is 22.6. The topological polar surface area (TPSA) is 84.0 Å². The summed E-state index contributed by atoms with van der Waals surface area (Å²) < 4.78 is 4.00. The monoisotopic (exact) mass is 459 g/mol. The number of aryl methyl sites for hydroxylation is 2. The molecule has 1 aliphatic heterocycles. The van der Waals surface area contributed by atoms with E-state index in [4.69, 9.17) is 4.98 Å². The molecule has 1 aromatic carbocycles. The number of hydrogen-bond donors (Lipinski definition) is 2. The standard InChI is InChI=1S/C26H33N7O/c1-17(2)11-19-13-31(4)24-6-5-21(12-23(19)24)28-26-27-9-7-25(29-26)33-15-20(18(3)30-33)14-32-10-8-22(34)16-32/h5-7,9,12-13,15,17,22,34H,8,10-11,14,16H2,1-4H3,(H,27,28,29)/t22-/m1/s1. The number of aliphatic hydroxyl groups excluding tert-OH is 1. The van der Waals surface area contributed by atoms with E-state index in [2.05, 4.69) is 70.2 Å². The van der Waals surface area contributed by atoms with E-state index in [1.54, 1.807) is 6.20 Å². The maximum absolute atomic E-state index is 9.81. The molecule has 0 saturated carbocycles. The van der Waals surface area contributed by atoms with Crippen molar-refractivity contribution in [1.82, 2.24) is 29.2 Å². The third-order valence-electron chi connectivity index (χ3n) is 6.47. The molecule has 8 nitrogen and oxygen atoms in total. The molecular weight excluding hydrogens is 426 g/mol. The van der Waals surface area contributed by atoms with E-state index < -0.39 is 0 Å². The van der Waals surface area contributed by atoms with Crippen molar-refractivity contribution in [3.05, 3.63) is 59.7 Å². The van der Waals surface area contributed by atoms with Crippen molar-refractivity contribution in [1.29, 1.82) is 0 Å². The van der Waals surface area contributed by atoms with Gasteiger partial charge in [0.05, 0.1) is 11.8 Å². The van der Waals surface area contributed by atoms with E-state index in [9.17, 15) is 5.11 Å². The molecule has 34 heavy (non-hydrogen) atoms. The zero-order chi connectivity index (χ0) is 23.8. The van der Waals surface area contributed by atoms with E-state index in [-0.39, 0.29) is 6.10 Å². The van der Waals surface area contributed by atoms with E-state index in [1.165, 1.54) is 16.5 Å². The largest absolute Gasteiger partial charge is 0.392 e. The van der Waals surface area contributed by atoms with Gasteiger partial charge in [0.2, 0.25) is 5.95 Å². The highest BCUT2D eigenvalue weighted by Gasteiger charge is 2.21. The molecule has 4 heterocycles. The smallest absolute Gasteiger partial charge is 0.229 e. The molecular formula is C26H33N7O. The number of anilines is 2. The van der Waals surface area contributed by atoms with Gasteiger partial charge in [0.15, 0.2) is 5.82 Å². The minimum absolute atomic E-state index is 0.220. The predicted molar refractivity (Wildman–Crippen MR) is 135 cm³/mol. The van der Waals surface area contributed by atoms with Crippen LogP contribution in [0.25, 0.3) is 16.7 Å². The molecule has 4 aromatic rings. The number of likely N-dealkylation sites (tertiary alicyclic amines) is 1. The van der Waals surface area contributed by atoms with Crippen molar-refractivity contribution < 1.29 is 5.11 Å². The lowest BCUT2D eigenvalue weighted by Gasteiger charge is -2.13. The molecule has 1 aliphatic rings. The number of aromatic nitrogens is 5. The van der Waals surface area contributed by atoms with Gasteiger partial charge in [-0.15, -0.1) is 0 Å². The maximum Gasteiger partial charge on any atom is 0.229 e. The summed E-state index contributed by atoms with van der Waals surface area (Å²) in [6.07, 6.45) is 7.67. The van der Waals surface area contributed by atoms with Gasteiger partial charge in [0.1, 0.15) is 0 Å². The van der Waals surface area contributed by atoms with Crippen molar-refractivity contribution in [3.63, 3.8) is 0 Å². The Hall–Kier alpha value is -3.23. The van der Waals surface area contributed by atoms with Crippen LogP contribution in [0, 0.1) is 12.8 Å². The summed E-state index contributed by atoms with van der Waals surface area (Å²) >= 11 is 0. The van der Waals surface area contributed by atoms with Crippen LogP contribution in [0.2, 0.25) is 0 Å². The summed E-state index contributed by atoms with van der Waals surface area (Å²) in [5.41, 5.74) is 5.67. The average molecular weight is 460 g/mol. The van der Waals surface area contributed by atoms with Gasteiger partial charge in [-0.2, -0.15) is 10.1 Å². The van der Waals surface area contributed by atoms with Crippen LogP contribution < -0.4 is 5.32 Å². The zero-order valence-corrected chi connectivity index (χ0v) is 20.4. The average Bonchev–Trinajstić information content (AvgIpc) is 3.46. The Labute approximate surface area is 200 Å². The Kier molecular flexibility index (Phi) is 6.10. The number of nitrogens with zero attached hydrogens (tertiary/aromatic N) is 6. The van der Waals surface area contributed by atoms with Crippen LogP contribution in [0.5, 0.6) is 0 Å². The third kappa shape index (κ3) is 4.69. The van der Waals surface area contributed by atoms with Gasteiger partial charge in [0, 0.05) is 73.5 Å². The van der Waals surface area contributed by atoms with E-state index in [0.29, 0.717) is 11.9 Å². The predicted octanol–water partition coefficient (Wildman–Crippen LogP) is 3.97. The normalized spacial score (nSPS) is 16.7. The van der Waals surface area contributed by atoms with Gasteiger partial charge in [-0.05, 0) is 49.4 Å². The molecule has 0 aliphatic carbocycles. The van der Waals surface area contributed by atoms with Crippen molar-refractivity contribution in [2.75, 3.05) is 18.4 Å². The number of rotatable bonds is 7. The van der Waals surface area contributed by atoms with Gasteiger partial charge in [-0.25, -0.2) is 9.67 Å². The fourth-order valence-electron chi connectivity index (χ4n) is 4.79. The second kappa shape index (κ2) is 9.19. The van der Waals surface area contributed by atoms with Crippen LogP contribution in [0.4, 0.5) is 11.6 Å². The third-order valence-corrected chi connectivity index (χ3v) is 6.47. The second-order valence-electron chi connectivity index (χ2n) is 9.82. The van der Waals surface area contributed by atoms with Crippen LogP contribution in [-0.2, 0) is 20.0 Å². The van der Waals surface area contributed by atoms with Gasteiger partial charge >= 0.3 is 0 Å². The van der Waals surface area contributed by atoms with Gasteiger partial charge in [0.25, 0.3) is 0 Å². The quantitative estimate of drug-likeness (QED) is 0.435. The number of β-amino-alcohol motifs (C(OH)–C–C–N with tert-alkyl or cyclic N) is 1. The minimum Gasteiger partial charge on any atom is -0.392 e. The Morgan fingerprint density at radius 3 is 2.79 bits per heavy atom. The molecule has 1 fully saturated rings. The number of hydrogen-bond acceptors (Lipinski definition) is 6. The van der Waals surface area contributed by atoms with Crippen molar-refractivity contribution in [2.24, 2.45) is 13.0 Å². The Balaban J connectivity index is 1.37. The van der Waals surface area contributed by atoms with E-state index in [0.717, 1.165) is 55.2 Å². The molecule has 3 aromatic heterocycles. The summed E-state index contributed by atoms with van der Waals surface area (Å²) in [5, 5.41) is 19.1. The van der Waals surface area contributed by atoms with Crippen LogP contribution in [0.1, 0.15) is 37.1 Å². The van der Waals surface area contributed by atoms with E-state index >= 15 is 0 Å². The molecule has 0 spiro atoms. The summed E-state index contributed by atoms with van der Waals surface area (Å²) in [6, 6.07) is 8.26. The first-order valence-electron chi connectivity index (χ1n) is 12.0. The number of fused-ring (bicyclic) bond motifs is 1. The van der Waals surface area contributed by atoms with E-state index in [1.807, 2.05) is 23.9 Å².